The van der Waals surface area contributed by atoms with Gasteiger partial charge in [0.2, 0.25) is 5.91 Å². The summed E-state index contributed by atoms with van der Waals surface area (Å²) in [7, 11) is 0. The minimum absolute atomic E-state index is 0.00575. The number of hydrogen-bond acceptors (Lipinski definition) is 5. The lowest BCUT2D eigenvalue weighted by Crippen LogP contribution is -2.43. The molecule has 34 heavy (non-hydrogen) atoms. The first kappa shape index (κ1) is 23.8. The van der Waals surface area contributed by atoms with Gasteiger partial charge in [-0.3, -0.25) is 4.79 Å². The van der Waals surface area contributed by atoms with Gasteiger partial charge in [-0.25, -0.2) is 9.59 Å². The molecule has 2 amide bonds. The molecule has 0 radical (unpaired) electrons. The second kappa shape index (κ2) is 10.3. The predicted molar refractivity (Wildman–Crippen MR) is 125 cm³/mol. The molecule has 1 fully saturated rings. The van der Waals surface area contributed by atoms with E-state index in [9.17, 15) is 24.6 Å². The van der Waals surface area contributed by atoms with Crippen LogP contribution < -0.4 is 5.32 Å². The number of benzene rings is 2. The molecule has 3 atom stereocenters. The molecule has 1 heterocycles. The van der Waals surface area contributed by atoms with Gasteiger partial charge in [-0.15, -0.1) is 0 Å². The standard InChI is InChI=1S/C26H30N2O6/c1-16(24(30)28-14-17(29)13-23(28)25(31)32)7-6-12-27-26(33)34-15-22-20-10-4-2-8-18(20)19-9-3-5-11-21(19)22/h2-5,8-11,16-17,22-23,29H,6-7,12-15H2,1H3,(H,27,33)(H,31,32)/t16?,17-,23-/m1/s1. The molecule has 0 aromatic heterocycles. The van der Waals surface area contributed by atoms with Crippen molar-refractivity contribution in [2.45, 2.75) is 44.2 Å². The van der Waals surface area contributed by atoms with E-state index < -0.39 is 30.1 Å². The normalized spacial score (nSPS) is 19.9. The lowest BCUT2D eigenvalue weighted by Gasteiger charge is -2.24. The number of aliphatic hydroxyl groups is 1. The molecule has 2 aromatic carbocycles. The van der Waals surface area contributed by atoms with Crippen LogP contribution in [0.3, 0.4) is 0 Å². The Bertz CT molecular complexity index is 1030. The number of carboxylic acids is 1. The highest BCUT2D eigenvalue weighted by molar-refractivity contribution is 5.85. The number of hydrogen-bond donors (Lipinski definition) is 3. The van der Waals surface area contributed by atoms with Crippen molar-refractivity contribution in [1.82, 2.24) is 10.2 Å². The fourth-order valence-corrected chi connectivity index (χ4v) is 4.95. The Morgan fingerprint density at radius 1 is 1.09 bits per heavy atom. The number of alkyl carbamates (subject to hydrolysis) is 1. The van der Waals surface area contributed by atoms with Crippen molar-refractivity contribution >= 4 is 18.0 Å². The zero-order valence-corrected chi connectivity index (χ0v) is 19.1. The molecule has 2 aliphatic rings. The largest absolute Gasteiger partial charge is 0.480 e. The molecule has 8 nitrogen and oxygen atoms in total. The van der Waals surface area contributed by atoms with Gasteiger partial charge in [0.05, 0.1) is 6.10 Å². The number of ether oxygens (including phenoxy) is 1. The third-order valence-electron chi connectivity index (χ3n) is 6.70. The van der Waals surface area contributed by atoms with Gasteiger partial charge in [-0.05, 0) is 35.1 Å². The third kappa shape index (κ3) is 4.92. The molecule has 0 saturated carbocycles. The molecular formula is C26H30N2O6. The number of rotatable bonds is 8. The number of nitrogens with zero attached hydrogens (tertiary/aromatic N) is 1. The first-order valence-electron chi connectivity index (χ1n) is 11.7. The van der Waals surface area contributed by atoms with Gasteiger partial charge in [-0.1, -0.05) is 55.5 Å². The van der Waals surface area contributed by atoms with E-state index in [1.165, 1.54) is 16.0 Å². The first-order valence-corrected chi connectivity index (χ1v) is 11.7. The fraction of sp³-hybridized carbons (Fsp3) is 0.423. The number of β-amino-alcohol motifs (C(OH)–C–C–N with tert-alkyl or cyclic N) is 1. The van der Waals surface area contributed by atoms with Crippen LogP contribution in [0.15, 0.2) is 48.5 Å². The molecule has 1 unspecified atom stereocenters. The number of nitrogens with one attached hydrogen (secondary N) is 1. The van der Waals surface area contributed by atoms with Gasteiger partial charge in [-0.2, -0.15) is 0 Å². The number of carboxylic acid groups (broad SMARTS) is 1. The van der Waals surface area contributed by atoms with Gasteiger partial charge < -0.3 is 25.2 Å². The van der Waals surface area contributed by atoms with Crippen molar-refractivity contribution < 1.29 is 29.3 Å². The molecule has 4 rings (SSSR count). The lowest BCUT2D eigenvalue weighted by atomic mass is 9.98. The van der Waals surface area contributed by atoms with E-state index in [0.717, 1.165) is 11.1 Å². The van der Waals surface area contributed by atoms with Crippen LogP contribution in [0.1, 0.15) is 43.2 Å². The van der Waals surface area contributed by atoms with Crippen LogP contribution in [-0.4, -0.2) is 64.9 Å². The second-order valence-corrected chi connectivity index (χ2v) is 9.03. The Labute approximate surface area is 198 Å². The van der Waals surface area contributed by atoms with Crippen LogP contribution in [-0.2, 0) is 14.3 Å². The SMILES string of the molecule is CC(CCCNC(=O)OCC1c2ccccc2-c2ccccc21)C(=O)N1C[C@H](O)C[C@@H]1C(=O)O. The van der Waals surface area contributed by atoms with Crippen molar-refractivity contribution in [1.29, 1.82) is 0 Å². The summed E-state index contributed by atoms with van der Waals surface area (Å²) < 4.78 is 5.51. The Morgan fingerprint density at radius 2 is 1.71 bits per heavy atom. The number of aliphatic hydroxyl groups excluding tert-OH is 1. The Morgan fingerprint density at radius 3 is 2.32 bits per heavy atom. The van der Waals surface area contributed by atoms with E-state index in [0.29, 0.717) is 19.4 Å². The first-order chi connectivity index (χ1) is 16.4. The number of aliphatic carboxylic acids is 1. The monoisotopic (exact) mass is 466 g/mol. The Balaban J connectivity index is 1.22. The van der Waals surface area contributed by atoms with E-state index in [1.54, 1.807) is 6.92 Å². The maximum absolute atomic E-state index is 12.6. The molecule has 1 saturated heterocycles. The minimum atomic E-state index is -1.10. The van der Waals surface area contributed by atoms with Crippen molar-refractivity contribution in [3.63, 3.8) is 0 Å². The third-order valence-corrected chi connectivity index (χ3v) is 6.70. The number of carbonyl (C=O) groups is 3. The van der Waals surface area contributed by atoms with Crippen molar-refractivity contribution in [3.05, 3.63) is 59.7 Å². The van der Waals surface area contributed by atoms with E-state index in [1.807, 2.05) is 24.3 Å². The smallest absolute Gasteiger partial charge is 0.407 e. The number of likely N-dealkylation sites (tertiary alicyclic amines) is 1. The summed E-state index contributed by atoms with van der Waals surface area (Å²) in [4.78, 5) is 37.5. The Hall–Kier alpha value is -3.39. The highest BCUT2D eigenvalue weighted by Gasteiger charge is 2.40. The fourth-order valence-electron chi connectivity index (χ4n) is 4.95. The maximum atomic E-state index is 12.6. The molecule has 0 spiro atoms. The average molecular weight is 467 g/mol. The molecule has 180 valence electrons. The summed E-state index contributed by atoms with van der Waals surface area (Å²) in [6, 6.07) is 15.3. The van der Waals surface area contributed by atoms with Gasteiger partial charge in [0, 0.05) is 31.3 Å². The van der Waals surface area contributed by atoms with Crippen LogP contribution >= 0.6 is 0 Å². The minimum Gasteiger partial charge on any atom is -0.480 e. The summed E-state index contributed by atoms with van der Waals surface area (Å²) in [5.74, 6) is -1.80. The molecule has 3 N–H and O–H groups in total. The summed E-state index contributed by atoms with van der Waals surface area (Å²) in [5, 5.41) is 21.8. The average Bonchev–Trinajstić information content (AvgIpc) is 3.38. The van der Waals surface area contributed by atoms with E-state index >= 15 is 0 Å². The zero-order chi connectivity index (χ0) is 24.2. The summed E-state index contributed by atoms with van der Waals surface area (Å²) in [6.07, 6.45) is -0.231. The van der Waals surface area contributed by atoms with Crippen molar-refractivity contribution in [3.8, 4) is 11.1 Å². The molecular weight excluding hydrogens is 436 g/mol. The summed E-state index contributed by atoms with van der Waals surface area (Å²) in [6.45, 7) is 2.36. The van der Waals surface area contributed by atoms with Gasteiger partial charge in [0.25, 0.3) is 0 Å². The van der Waals surface area contributed by atoms with Crippen LogP contribution in [0.2, 0.25) is 0 Å². The van der Waals surface area contributed by atoms with Crippen LogP contribution in [0.4, 0.5) is 4.79 Å². The number of carbonyl (C=O) groups excluding carboxylic acids is 2. The van der Waals surface area contributed by atoms with Crippen molar-refractivity contribution in [2.24, 2.45) is 5.92 Å². The van der Waals surface area contributed by atoms with E-state index in [2.05, 4.69) is 29.6 Å². The maximum Gasteiger partial charge on any atom is 0.407 e. The number of fused-ring (bicyclic) bond motifs is 3. The molecule has 1 aliphatic heterocycles. The molecule has 2 aromatic rings. The van der Waals surface area contributed by atoms with Crippen LogP contribution in [0.25, 0.3) is 11.1 Å². The second-order valence-electron chi connectivity index (χ2n) is 9.03. The summed E-state index contributed by atoms with van der Waals surface area (Å²) in [5.41, 5.74) is 4.63. The van der Waals surface area contributed by atoms with E-state index in [4.69, 9.17) is 4.74 Å². The molecule has 8 heteroatoms. The lowest BCUT2D eigenvalue weighted by molar-refractivity contribution is -0.149. The molecule has 0 bridgehead atoms. The van der Waals surface area contributed by atoms with Crippen LogP contribution in [0.5, 0.6) is 0 Å². The predicted octanol–water partition coefficient (Wildman–Crippen LogP) is 2.99. The summed E-state index contributed by atoms with van der Waals surface area (Å²) >= 11 is 0. The van der Waals surface area contributed by atoms with Gasteiger partial charge in [0.1, 0.15) is 12.6 Å². The van der Waals surface area contributed by atoms with Crippen molar-refractivity contribution in [2.75, 3.05) is 19.7 Å². The van der Waals surface area contributed by atoms with Crippen LogP contribution in [0, 0.1) is 5.92 Å². The van der Waals surface area contributed by atoms with Gasteiger partial charge in [0.15, 0.2) is 0 Å². The van der Waals surface area contributed by atoms with E-state index in [-0.39, 0.29) is 31.4 Å². The number of amides is 2. The quantitative estimate of drug-likeness (QED) is 0.515. The highest BCUT2D eigenvalue weighted by atomic mass is 16.5. The Kier molecular flexibility index (Phi) is 7.17. The highest BCUT2D eigenvalue weighted by Crippen LogP contribution is 2.44. The topological polar surface area (TPSA) is 116 Å². The molecule has 1 aliphatic carbocycles. The zero-order valence-electron chi connectivity index (χ0n) is 19.1. The van der Waals surface area contributed by atoms with Gasteiger partial charge >= 0.3 is 12.1 Å².